The van der Waals surface area contributed by atoms with Gasteiger partial charge in [0.05, 0.1) is 11.6 Å². The average molecular weight is 536 g/mol. The Balaban J connectivity index is 1.58. The minimum absolute atomic E-state index is 0.0453. The van der Waals surface area contributed by atoms with Crippen molar-refractivity contribution in [2.24, 2.45) is 22.7 Å². The maximum Gasteiger partial charge on any atom is 0.259 e. The molecule has 2 aromatic rings. The molecule has 0 bridgehead atoms. The van der Waals surface area contributed by atoms with Gasteiger partial charge >= 0.3 is 0 Å². The van der Waals surface area contributed by atoms with E-state index in [0.29, 0.717) is 23.5 Å². The molecule has 0 spiro atoms. The molecular formula is C28H37N7O4. The first-order valence-electron chi connectivity index (χ1n) is 13.2. The SMILES string of the molecule is CC(=O)NC(C(=O)N1C[C@H]2C([C@H]1C(=O)NC(C#N)c1cncc(-c3nc(C(C)C)no3)c1)C2(C)C)C(C)(C)C. The summed E-state index contributed by atoms with van der Waals surface area (Å²) in [6, 6.07) is 1.27. The number of hydrogen-bond donors (Lipinski definition) is 2. The molecule has 3 heterocycles. The number of fused-ring (bicyclic) bond motifs is 1. The molecule has 2 N–H and O–H groups in total. The number of piperidine rings is 1. The van der Waals surface area contributed by atoms with Crippen LogP contribution in [0.1, 0.15) is 78.7 Å². The first kappa shape index (κ1) is 28.2. The van der Waals surface area contributed by atoms with Crippen molar-refractivity contribution in [3.8, 4) is 17.5 Å². The Labute approximate surface area is 228 Å². The highest BCUT2D eigenvalue weighted by Gasteiger charge is 2.69. The summed E-state index contributed by atoms with van der Waals surface area (Å²) in [5.41, 5.74) is 0.323. The third-order valence-corrected chi connectivity index (χ3v) is 7.93. The largest absolute Gasteiger partial charge is 0.344 e. The van der Waals surface area contributed by atoms with Crippen LogP contribution >= 0.6 is 0 Å². The molecule has 5 atom stereocenters. The second kappa shape index (κ2) is 10.1. The number of carbonyl (C=O) groups is 3. The molecule has 3 unspecified atom stereocenters. The van der Waals surface area contributed by atoms with Crippen LogP contribution in [0, 0.1) is 34.0 Å². The molecule has 1 saturated heterocycles. The standard InChI is InChI=1S/C28H37N7O4/c1-14(2)23-33-25(39-34-23)17-9-16(11-30-12-17)19(10-29)32-24(37)21-20-18(28(20,7)8)13-35(21)26(38)22(27(4,5)6)31-15(3)36/h9,11-12,14,18-22H,13H2,1-8H3,(H,31,36)(H,32,37)/t18-,19?,20?,21-,22?/m0/s1. The predicted octanol–water partition coefficient (Wildman–Crippen LogP) is 2.97. The van der Waals surface area contributed by atoms with E-state index in [1.54, 1.807) is 17.2 Å². The summed E-state index contributed by atoms with van der Waals surface area (Å²) in [5, 5.41) is 19.6. The number of aromatic nitrogens is 3. The lowest BCUT2D eigenvalue weighted by Gasteiger charge is -2.37. The van der Waals surface area contributed by atoms with Crippen LogP contribution in [0.4, 0.5) is 0 Å². The fourth-order valence-electron chi connectivity index (χ4n) is 5.57. The second-order valence-corrected chi connectivity index (χ2v) is 12.6. The Morgan fingerprint density at radius 2 is 1.90 bits per heavy atom. The zero-order valence-corrected chi connectivity index (χ0v) is 23.8. The third-order valence-electron chi connectivity index (χ3n) is 7.93. The molecule has 4 rings (SSSR count). The zero-order chi connectivity index (χ0) is 28.9. The quantitative estimate of drug-likeness (QED) is 0.548. The fourth-order valence-corrected chi connectivity index (χ4v) is 5.57. The molecule has 3 amide bonds. The number of hydrogen-bond acceptors (Lipinski definition) is 8. The van der Waals surface area contributed by atoms with Crippen molar-refractivity contribution >= 4 is 17.7 Å². The van der Waals surface area contributed by atoms with Crippen molar-refractivity contribution in [2.45, 2.75) is 79.4 Å². The maximum absolute atomic E-state index is 13.8. The molecule has 11 heteroatoms. The molecule has 1 aliphatic carbocycles. The summed E-state index contributed by atoms with van der Waals surface area (Å²) in [5.74, 6) is 0.0143. The van der Waals surface area contributed by atoms with Crippen LogP contribution in [-0.2, 0) is 14.4 Å². The van der Waals surface area contributed by atoms with Crippen LogP contribution < -0.4 is 10.6 Å². The van der Waals surface area contributed by atoms with Crippen LogP contribution in [0.3, 0.4) is 0 Å². The van der Waals surface area contributed by atoms with Crippen molar-refractivity contribution < 1.29 is 18.9 Å². The lowest BCUT2D eigenvalue weighted by Crippen LogP contribution is -2.59. The van der Waals surface area contributed by atoms with E-state index in [2.05, 4.69) is 45.7 Å². The van der Waals surface area contributed by atoms with Gasteiger partial charge in [-0.15, -0.1) is 0 Å². The van der Waals surface area contributed by atoms with E-state index < -0.39 is 29.4 Å². The normalized spacial score (nSPS) is 23.0. The van der Waals surface area contributed by atoms with Gasteiger partial charge in [-0.05, 0) is 28.7 Å². The highest BCUT2D eigenvalue weighted by molar-refractivity contribution is 5.94. The predicted molar refractivity (Wildman–Crippen MR) is 141 cm³/mol. The maximum atomic E-state index is 13.8. The number of nitrogens with zero attached hydrogens (tertiary/aromatic N) is 5. The van der Waals surface area contributed by atoms with E-state index in [1.165, 1.54) is 13.1 Å². The Bertz CT molecular complexity index is 1320. The van der Waals surface area contributed by atoms with Gasteiger partial charge in [-0.1, -0.05) is 53.6 Å². The number of rotatable bonds is 7. The Morgan fingerprint density at radius 3 is 2.46 bits per heavy atom. The number of nitriles is 1. The van der Waals surface area contributed by atoms with Crippen LogP contribution in [0.25, 0.3) is 11.5 Å². The minimum Gasteiger partial charge on any atom is -0.344 e. The van der Waals surface area contributed by atoms with E-state index in [-0.39, 0.29) is 40.9 Å². The van der Waals surface area contributed by atoms with E-state index in [4.69, 9.17) is 4.52 Å². The number of likely N-dealkylation sites (tertiary alicyclic amines) is 1. The molecular weight excluding hydrogens is 498 g/mol. The molecule has 11 nitrogen and oxygen atoms in total. The lowest BCUT2D eigenvalue weighted by molar-refractivity contribution is -0.145. The van der Waals surface area contributed by atoms with E-state index in [9.17, 15) is 19.6 Å². The van der Waals surface area contributed by atoms with Gasteiger partial charge in [0.25, 0.3) is 5.89 Å². The molecule has 0 radical (unpaired) electrons. The summed E-state index contributed by atoms with van der Waals surface area (Å²) >= 11 is 0. The summed E-state index contributed by atoms with van der Waals surface area (Å²) in [6.07, 6.45) is 3.06. The van der Waals surface area contributed by atoms with Gasteiger partial charge in [-0.3, -0.25) is 19.4 Å². The van der Waals surface area contributed by atoms with Gasteiger partial charge in [0.1, 0.15) is 18.1 Å². The Hall–Kier alpha value is -3.81. The van der Waals surface area contributed by atoms with Gasteiger partial charge in [0, 0.05) is 37.3 Å². The van der Waals surface area contributed by atoms with Gasteiger partial charge in [-0.2, -0.15) is 10.2 Å². The lowest BCUT2D eigenvalue weighted by atomic mass is 9.85. The zero-order valence-electron chi connectivity index (χ0n) is 23.8. The molecule has 2 aromatic heterocycles. The van der Waals surface area contributed by atoms with E-state index >= 15 is 0 Å². The van der Waals surface area contributed by atoms with Crippen molar-refractivity contribution in [2.75, 3.05) is 6.54 Å². The average Bonchev–Trinajstić information content (AvgIpc) is 3.29. The first-order valence-corrected chi connectivity index (χ1v) is 13.2. The Morgan fingerprint density at radius 1 is 1.21 bits per heavy atom. The molecule has 2 aliphatic rings. The van der Waals surface area contributed by atoms with Gasteiger partial charge in [0.15, 0.2) is 5.82 Å². The molecule has 1 saturated carbocycles. The smallest absolute Gasteiger partial charge is 0.259 e. The number of pyridine rings is 1. The van der Waals surface area contributed by atoms with Crippen LogP contribution in [0.5, 0.6) is 0 Å². The summed E-state index contributed by atoms with van der Waals surface area (Å²) in [7, 11) is 0. The summed E-state index contributed by atoms with van der Waals surface area (Å²) < 4.78 is 5.36. The van der Waals surface area contributed by atoms with Gasteiger partial charge in [-0.25, -0.2) is 0 Å². The van der Waals surface area contributed by atoms with Crippen molar-refractivity contribution in [1.29, 1.82) is 5.26 Å². The highest BCUT2D eigenvalue weighted by atomic mass is 16.5. The topological polar surface area (TPSA) is 154 Å². The van der Waals surface area contributed by atoms with Gasteiger partial charge < -0.3 is 20.1 Å². The molecule has 2 fully saturated rings. The van der Waals surface area contributed by atoms with Gasteiger partial charge in [0.2, 0.25) is 17.7 Å². The number of carbonyl (C=O) groups excluding carboxylic acids is 3. The molecule has 208 valence electrons. The second-order valence-electron chi connectivity index (χ2n) is 12.6. The van der Waals surface area contributed by atoms with Crippen LogP contribution in [0.15, 0.2) is 23.0 Å². The van der Waals surface area contributed by atoms with Crippen molar-refractivity contribution in [3.05, 3.63) is 29.8 Å². The number of amides is 3. The molecule has 39 heavy (non-hydrogen) atoms. The van der Waals surface area contributed by atoms with Crippen LogP contribution in [0.2, 0.25) is 0 Å². The Kier molecular flexibility index (Phi) is 7.27. The monoisotopic (exact) mass is 535 g/mol. The number of nitrogens with one attached hydrogen (secondary N) is 2. The minimum atomic E-state index is -1.01. The third kappa shape index (κ3) is 5.37. The van der Waals surface area contributed by atoms with E-state index in [0.717, 1.165) is 0 Å². The molecule has 0 aromatic carbocycles. The van der Waals surface area contributed by atoms with Crippen molar-refractivity contribution in [3.63, 3.8) is 0 Å². The summed E-state index contributed by atoms with van der Waals surface area (Å²) in [6.45, 7) is 15.5. The molecule has 1 aliphatic heterocycles. The van der Waals surface area contributed by atoms with Crippen molar-refractivity contribution in [1.82, 2.24) is 30.7 Å². The summed E-state index contributed by atoms with van der Waals surface area (Å²) in [4.78, 5) is 49.6. The fraction of sp³-hybridized carbons (Fsp3) is 0.607. The highest BCUT2D eigenvalue weighted by Crippen LogP contribution is 2.65. The van der Waals surface area contributed by atoms with Crippen LogP contribution in [-0.4, -0.2) is 56.4 Å². The van der Waals surface area contributed by atoms with E-state index in [1.807, 2.05) is 34.6 Å². The first-order chi connectivity index (χ1) is 18.2.